The minimum Gasteiger partial charge on any atom is -0.506 e. The number of ketones is 1. The predicted octanol–water partition coefficient (Wildman–Crippen LogP) is 7.88. The first-order valence-corrected chi connectivity index (χ1v) is 14.4. The number of methoxy groups -OCH3 is 1. The Labute approximate surface area is 245 Å². The normalized spacial score (nSPS) is 12.0. The van der Waals surface area contributed by atoms with Crippen molar-refractivity contribution < 1.29 is 19.0 Å². The molecule has 1 atom stereocenters. The maximum atomic E-state index is 13.4. The van der Waals surface area contributed by atoms with E-state index in [-0.39, 0.29) is 17.3 Å². The van der Waals surface area contributed by atoms with E-state index >= 15 is 0 Å². The topological polar surface area (TPSA) is 76.4 Å². The first kappa shape index (κ1) is 30.3. The molecule has 0 bridgehead atoms. The molecule has 0 spiro atoms. The van der Waals surface area contributed by atoms with Gasteiger partial charge < -0.3 is 15.2 Å². The SMILES string of the molecule is C=C(NCCOC)c1ccc2nn(CC(CCC)CCCC(=O)c3ccc(-c4ccc(F)cc4Cl)cc3)cc2c1O. The number of rotatable bonds is 15. The highest BCUT2D eigenvalue weighted by molar-refractivity contribution is 6.33. The molecular formula is C33H37ClFN3O3. The Bertz CT molecular complexity index is 1500. The number of halogens is 2. The van der Waals surface area contributed by atoms with Gasteiger partial charge in [0, 0.05) is 55.2 Å². The second-order valence-corrected chi connectivity index (χ2v) is 10.7. The van der Waals surface area contributed by atoms with E-state index in [4.69, 9.17) is 21.4 Å². The molecule has 41 heavy (non-hydrogen) atoms. The molecule has 0 fully saturated rings. The van der Waals surface area contributed by atoms with Crippen molar-refractivity contribution in [2.24, 2.45) is 5.92 Å². The average molecular weight is 578 g/mol. The lowest BCUT2D eigenvalue weighted by molar-refractivity contribution is 0.0977. The quantitative estimate of drug-likeness (QED) is 0.111. The van der Waals surface area contributed by atoms with Gasteiger partial charge in [-0.05, 0) is 61.1 Å². The van der Waals surface area contributed by atoms with Crippen LogP contribution in [0, 0.1) is 11.7 Å². The minimum atomic E-state index is -0.381. The van der Waals surface area contributed by atoms with Gasteiger partial charge in [0.25, 0.3) is 0 Å². The third-order valence-electron chi connectivity index (χ3n) is 7.29. The molecular weight excluding hydrogens is 541 g/mol. The van der Waals surface area contributed by atoms with Crippen molar-refractivity contribution in [1.82, 2.24) is 15.1 Å². The van der Waals surface area contributed by atoms with E-state index in [2.05, 4.69) is 18.8 Å². The number of ether oxygens (including phenoxy) is 1. The predicted molar refractivity (Wildman–Crippen MR) is 164 cm³/mol. The number of hydrogen-bond donors (Lipinski definition) is 2. The Morgan fingerprint density at radius 2 is 1.95 bits per heavy atom. The van der Waals surface area contributed by atoms with Gasteiger partial charge in [-0.2, -0.15) is 5.10 Å². The smallest absolute Gasteiger partial charge is 0.162 e. The zero-order chi connectivity index (χ0) is 29.4. The van der Waals surface area contributed by atoms with Gasteiger partial charge in [0.05, 0.1) is 22.5 Å². The first-order valence-electron chi connectivity index (χ1n) is 14.0. The van der Waals surface area contributed by atoms with Crippen LogP contribution in [0.2, 0.25) is 5.02 Å². The number of carbonyl (C=O) groups excluding carboxylic acids is 1. The van der Waals surface area contributed by atoms with Gasteiger partial charge in [-0.1, -0.05) is 55.8 Å². The molecule has 0 radical (unpaired) electrons. The van der Waals surface area contributed by atoms with Gasteiger partial charge in [-0.3, -0.25) is 9.48 Å². The summed E-state index contributed by atoms with van der Waals surface area (Å²) in [7, 11) is 1.64. The van der Waals surface area contributed by atoms with Crippen LogP contribution in [0.3, 0.4) is 0 Å². The van der Waals surface area contributed by atoms with E-state index in [1.807, 2.05) is 35.1 Å². The molecule has 2 N–H and O–H groups in total. The zero-order valence-electron chi connectivity index (χ0n) is 23.6. The number of phenols is 1. The van der Waals surface area contributed by atoms with Crippen molar-refractivity contribution in [3.8, 4) is 16.9 Å². The third kappa shape index (κ3) is 7.75. The number of aromatic hydroxyl groups is 1. The molecule has 0 aliphatic rings. The van der Waals surface area contributed by atoms with Gasteiger partial charge in [0.15, 0.2) is 5.78 Å². The van der Waals surface area contributed by atoms with Gasteiger partial charge in [0.2, 0.25) is 0 Å². The summed E-state index contributed by atoms with van der Waals surface area (Å²) in [6.07, 6.45) is 6.08. The largest absolute Gasteiger partial charge is 0.506 e. The molecule has 0 saturated carbocycles. The summed E-state index contributed by atoms with van der Waals surface area (Å²) < 4.78 is 20.3. The molecule has 0 saturated heterocycles. The summed E-state index contributed by atoms with van der Waals surface area (Å²) in [4.78, 5) is 12.9. The number of phenolic OH excluding ortho intramolecular Hbond substituents is 1. The number of nitrogens with one attached hydrogen (secondary N) is 1. The Morgan fingerprint density at radius 1 is 1.17 bits per heavy atom. The van der Waals surface area contributed by atoms with Crippen LogP contribution in [0.1, 0.15) is 54.9 Å². The summed E-state index contributed by atoms with van der Waals surface area (Å²) in [6, 6.07) is 15.3. The van der Waals surface area contributed by atoms with E-state index in [9.17, 15) is 14.3 Å². The number of carbonyl (C=O) groups is 1. The zero-order valence-corrected chi connectivity index (χ0v) is 24.4. The van der Waals surface area contributed by atoms with Gasteiger partial charge in [-0.25, -0.2) is 4.39 Å². The number of benzene rings is 3. The molecule has 4 rings (SSSR count). The van der Waals surface area contributed by atoms with E-state index in [1.54, 1.807) is 25.3 Å². The van der Waals surface area contributed by atoms with Crippen molar-refractivity contribution >= 4 is 34.0 Å². The lowest BCUT2D eigenvalue weighted by Gasteiger charge is -2.16. The van der Waals surface area contributed by atoms with Crippen molar-refractivity contribution in [3.63, 3.8) is 0 Å². The highest BCUT2D eigenvalue weighted by atomic mass is 35.5. The standard InChI is InChI=1S/C33H37ClFN3O3/c1-4-6-23(20-38-21-29-31(37-38)16-15-27(33(29)40)22(2)36-17-18-41-3)7-5-8-32(39)25-11-9-24(10-12-25)28-14-13-26(35)19-30(28)34/h9-16,19,21,23,36,40H,2,4-8,17-18,20H2,1,3H3. The number of nitrogens with zero attached hydrogens (tertiary/aromatic N) is 2. The van der Waals surface area contributed by atoms with E-state index in [1.165, 1.54) is 12.1 Å². The van der Waals surface area contributed by atoms with Crippen LogP contribution in [-0.2, 0) is 11.3 Å². The molecule has 216 valence electrons. The lowest BCUT2D eigenvalue weighted by Crippen LogP contribution is -2.17. The first-order chi connectivity index (χ1) is 19.8. The van der Waals surface area contributed by atoms with Crippen LogP contribution in [0.5, 0.6) is 5.75 Å². The van der Waals surface area contributed by atoms with Crippen LogP contribution in [0.4, 0.5) is 4.39 Å². The highest BCUT2D eigenvalue weighted by Gasteiger charge is 2.16. The molecule has 1 unspecified atom stereocenters. The second kappa shape index (κ2) is 14.3. The summed E-state index contributed by atoms with van der Waals surface area (Å²) in [5.41, 5.74) is 4.23. The maximum Gasteiger partial charge on any atom is 0.162 e. The molecule has 1 aromatic heterocycles. The molecule has 0 aliphatic carbocycles. The Morgan fingerprint density at radius 3 is 2.66 bits per heavy atom. The highest BCUT2D eigenvalue weighted by Crippen LogP contribution is 2.32. The van der Waals surface area contributed by atoms with Crippen LogP contribution in [0.15, 0.2) is 67.4 Å². The van der Waals surface area contributed by atoms with Gasteiger partial charge >= 0.3 is 0 Å². The van der Waals surface area contributed by atoms with Crippen LogP contribution in [0.25, 0.3) is 27.7 Å². The average Bonchev–Trinajstić information content (AvgIpc) is 3.37. The minimum absolute atomic E-state index is 0.0959. The Kier molecular flexibility index (Phi) is 10.6. The van der Waals surface area contributed by atoms with Crippen molar-refractivity contribution in [3.05, 3.63) is 89.3 Å². The molecule has 0 aliphatic heterocycles. The van der Waals surface area contributed by atoms with E-state index in [0.29, 0.717) is 59.3 Å². The lowest BCUT2D eigenvalue weighted by atomic mass is 9.94. The molecule has 0 amide bonds. The molecule has 1 heterocycles. The van der Waals surface area contributed by atoms with Crippen LogP contribution < -0.4 is 5.32 Å². The van der Waals surface area contributed by atoms with Crippen LogP contribution >= 0.6 is 11.6 Å². The second-order valence-electron chi connectivity index (χ2n) is 10.3. The molecule has 6 nitrogen and oxygen atoms in total. The van der Waals surface area contributed by atoms with Crippen molar-refractivity contribution in [2.45, 2.75) is 45.6 Å². The maximum absolute atomic E-state index is 13.4. The van der Waals surface area contributed by atoms with E-state index < -0.39 is 0 Å². The number of aromatic nitrogens is 2. The number of hydrogen-bond acceptors (Lipinski definition) is 5. The fraction of sp³-hybridized carbons (Fsp3) is 0.333. The summed E-state index contributed by atoms with van der Waals surface area (Å²) >= 11 is 6.18. The van der Waals surface area contributed by atoms with Crippen molar-refractivity contribution in [2.75, 3.05) is 20.3 Å². The summed E-state index contributed by atoms with van der Waals surface area (Å²) in [6.45, 7) is 8.06. The van der Waals surface area contributed by atoms with Crippen LogP contribution in [-0.4, -0.2) is 40.9 Å². The monoisotopic (exact) mass is 577 g/mol. The molecule has 4 aromatic rings. The summed E-state index contributed by atoms with van der Waals surface area (Å²) in [5, 5.41) is 19.8. The van der Waals surface area contributed by atoms with E-state index in [0.717, 1.165) is 42.3 Å². The fourth-order valence-corrected chi connectivity index (χ4v) is 5.40. The van der Waals surface area contributed by atoms with Crippen molar-refractivity contribution in [1.29, 1.82) is 0 Å². The third-order valence-corrected chi connectivity index (χ3v) is 7.60. The fourth-order valence-electron chi connectivity index (χ4n) is 5.12. The molecule has 3 aromatic carbocycles. The van der Waals surface area contributed by atoms with Gasteiger partial charge in [0.1, 0.15) is 11.6 Å². The molecule has 8 heteroatoms. The van der Waals surface area contributed by atoms with Gasteiger partial charge in [-0.15, -0.1) is 0 Å². The Hall–Kier alpha value is -3.68. The Balaban J connectivity index is 1.35. The summed E-state index contributed by atoms with van der Waals surface area (Å²) in [5.74, 6) is 0.235. The number of Topliss-reactive ketones (excluding diaryl/α,β-unsaturated/α-hetero) is 1. The number of fused-ring (bicyclic) bond motifs is 1.